The van der Waals surface area contributed by atoms with Gasteiger partial charge < -0.3 is 19.1 Å². The van der Waals surface area contributed by atoms with E-state index < -0.39 is 23.4 Å². The van der Waals surface area contributed by atoms with Gasteiger partial charge in [-0.15, -0.1) is 0 Å². The number of aryl methyl sites for hydroxylation is 1. The van der Waals surface area contributed by atoms with Gasteiger partial charge in [-0.05, 0) is 54.3 Å². The minimum atomic E-state index is -1.08. The Bertz CT molecular complexity index is 2290. The lowest BCUT2D eigenvalue weighted by Crippen LogP contribution is -2.31. The van der Waals surface area contributed by atoms with Crippen molar-refractivity contribution in [2.75, 3.05) is 6.61 Å². The van der Waals surface area contributed by atoms with Crippen molar-refractivity contribution >= 4 is 17.0 Å². The number of carbonyl (C=O) groups is 1. The molecule has 1 unspecified atom stereocenters. The van der Waals surface area contributed by atoms with Crippen LogP contribution in [0.4, 0.5) is 13.2 Å². The van der Waals surface area contributed by atoms with Crippen LogP contribution >= 0.6 is 0 Å². The van der Waals surface area contributed by atoms with E-state index in [0.717, 1.165) is 18.6 Å². The third kappa shape index (κ3) is 6.86. The Morgan fingerprint density at radius 2 is 1.86 bits per heavy atom. The van der Waals surface area contributed by atoms with Gasteiger partial charge in [0, 0.05) is 55.7 Å². The monoisotopic (exact) mass is 664 g/mol. The molecule has 5 heterocycles. The lowest BCUT2D eigenvalue weighted by atomic mass is 10.0. The summed E-state index contributed by atoms with van der Waals surface area (Å²) < 4.78 is 60.6. The van der Waals surface area contributed by atoms with Gasteiger partial charge in [0.25, 0.3) is 0 Å². The lowest BCUT2D eigenvalue weighted by Gasteiger charge is -2.27. The predicted octanol–water partition coefficient (Wildman–Crippen LogP) is 5.70. The largest absolute Gasteiger partial charge is 0.478 e. The Labute approximate surface area is 277 Å². The number of imidazole rings is 1. The normalized spacial score (nSPS) is 13.9. The standard InChI is InChI=1S/C36H27F3N6O4/c1-44-18-21(16-41-44)5-7-25-14-28(37)24(17-40-25)20-49-35-4-2-3-31(43-35)27-15-29(38)23(11-30(27)39)13-34-42-32-8-6-22(36(46)47)12-33(32)45(34)19-26-9-10-48-26/h2-4,6,8,11-12,14-18,26H,9-10,13,19-20H2,1H3,(H,46,47). The van der Waals surface area contributed by atoms with E-state index in [1.54, 1.807) is 40.8 Å². The summed E-state index contributed by atoms with van der Waals surface area (Å²) in [5.74, 6) is 3.16. The van der Waals surface area contributed by atoms with Crippen molar-refractivity contribution < 1.29 is 32.5 Å². The third-order valence-electron chi connectivity index (χ3n) is 8.08. The Balaban J connectivity index is 1.08. The van der Waals surface area contributed by atoms with Crippen LogP contribution in [0.5, 0.6) is 5.88 Å². The predicted molar refractivity (Wildman–Crippen MR) is 171 cm³/mol. The van der Waals surface area contributed by atoms with Crippen molar-refractivity contribution in [2.24, 2.45) is 7.05 Å². The first-order chi connectivity index (χ1) is 23.7. The maximum atomic E-state index is 15.6. The summed E-state index contributed by atoms with van der Waals surface area (Å²) in [5, 5.41) is 13.5. The van der Waals surface area contributed by atoms with Crippen LogP contribution in [-0.4, -0.2) is 53.1 Å². The molecular weight excluding hydrogens is 637 g/mol. The molecule has 2 aromatic carbocycles. The Morgan fingerprint density at radius 3 is 2.59 bits per heavy atom. The summed E-state index contributed by atoms with van der Waals surface area (Å²) >= 11 is 0. The lowest BCUT2D eigenvalue weighted by molar-refractivity contribution is -0.0589. The van der Waals surface area contributed by atoms with Gasteiger partial charge in [0.15, 0.2) is 0 Å². The van der Waals surface area contributed by atoms with Crippen LogP contribution in [0.2, 0.25) is 0 Å². The Kier molecular flexibility index (Phi) is 8.54. The first-order valence-electron chi connectivity index (χ1n) is 15.3. The number of pyridine rings is 2. The number of fused-ring (bicyclic) bond motifs is 1. The van der Waals surface area contributed by atoms with Gasteiger partial charge in [-0.1, -0.05) is 12.0 Å². The fourth-order valence-corrected chi connectivity index (χ4v) is 5.42. The van der Waals surface area contributed by atoms with Gasteiger partial charge in [0.2, 0.25) is 5.88 Å². The van der Waals surface area contributed by atoms with Crippen LogP contribution in [-0.2, 0) is 31.4 Å². The first kappa shape index (κ1) is 31.6. The number of ether oxygens (including phenoxy) is 2. The zero-order valence-corrected chi connectivity index (χ0v) is 26.0. The Hall–Kier alpha value is -6.00. The molecule has 13 heteroatoms. The fourth-order valence-electron chi connectivity index (χ4n) is 5.42. The molecule has 0 spiro atoms. The first-order valence-corrected chi connectivity index (χ1v) is 15.3. The molecule has 6 aromatic rings. The van der Waals surface area contributed by atoms with E-state index in [2.05, 4.69) is 31.9 Å². The molecule has 1 N–H and O–H groups in total. The molecule has 1 aliphatic rings. The molecule has 0 aliphatic carbocycles. The number of carboxylic acids is 1. The number of nitrogens with zero attached hydrogens (tertiary/aromatic N) is 6. The molecule has 1 fully saturated rings. The van der Waals surface area contributed by atoms with Crippen LogP contribution in [0, 0.1) is 29.3 Å². The number of hydrogen-bond acceptors (Lipinski definition) is 7. The number of aromatic carboxylic acids is 1. The number of carboxylic acid groups (broad SMARTS) is 1. The smallest absolute Gasteiger partial charge is 0.335 e. The minimum Gasteiger partial charge on any atom is -0.478 e. The number of rotatable bonds is 9. The number of halogens is 3. The summed E-state index contributed by atoms with van der Waals surface area (Å²) in [6.45, 7) is 0.819. The quantitative estimate of drug-likeness (QED) is 0.196. The Morgan fingerprint density at radius 1 is 1.02 bits per heavy atom. The number of hydrogen-bond donors (Lipinski definition) is 1. The minimum absolute atomic E-state index is 0.0448. The summed E-state index contributed by atoms with van der Waals surface area (Å²) in [7, 11) is 1.77. The van der Waals surface area contributed by atoms with E-state index in [-0.39, 0.29) is 58.7 Å². The molecule has 1 atom stereocenters. The van der Waals surface area contributed by atoms with E-state index >= 15 is 8.78 Å². The second-order valence-electron chi connectivity index (χ2n) is 11.5. The average Bonchev–Trinajstić information content (AvgIpc) is 3.64. The summed E-state index contributed by atoms with van der Waals surface area (Å²) in [4.78, 5) is 24.7. The summed E-state index contributed by atoms with van der Waals surface area (Å²) in [5.41, 5.74) is 2.38. The van der Waals surface area contributed by atoms with Gasteiger partial charge in [-0.2, -0.15) is 5.10 Å². The second-order valence-corrected chi connectivity index (χ2v) is 11.5. The topological polar surface area (TPSA) is 117 Å². The van der Waals surface area contributed by atoms with Crippen LogP contribution in [0.3, 0.4) is 0 Å². The number of aromatic nitrogens is 6. The summed E-state index contributed by atoms with van der Waals surface area (Å²) in [6, 6.07) is 12.6. The molecule has 1 saturated heterocycles. The molecule has 7 rings (SSSR count). The van der Waals surface area contributed by atoms with E-state index in [1.165, 1.54) is 36.5 Å². The molecule has 0 amide bonds. The van der Waals surface area contributed by atoms with Gasteiger partial charge in [-0.25, -0.2) is 32.9 Å². The molecule has 4 aromatic heterocycles. The van der Waals surface area contributed by atoms with Crippen LogP contribution in [0.25, 0.3) is 22.3 Å². The highest BCUT2D eigenvalue weighted by Crippen LogP contribution is 2.29. The van der Waals surface area contributed by atoms with Crippen molar-refractivity contribution in [1.82, 2.24) is 29.3 Å². The highest BCUT2D eigenvalue weighted by molar-refractivity contribution is 5.92. The molecule has 0 radical (unpaired) electrons. The van der Waals surface area contributed by atoms with E-state index in [0.29, 0.717) is 35.6 Å². The molecule has 49 heavy (non-hydrogen) atoms. The van der Waals surface area contributed by atoms with Crippen LogP contribution in [0.15, 0.2) is 73.2 Å². The molecular formula is C36H27F3N6O4. The zero-order valence-electron chi connectivity index (χ0n) is 26.0. The average molecular weight is 665 g/mol. The molecule has 10 nitrogen and oxygen atoms in total. The molecule has 246 valence electrons. The van der Waals surface area contributed by atoms with E-state index in [4.69, 9.17) is 9.47 Å². The van der Waals surface area contributed by atoms with Gasteiger partial charge in [-0.3, -0.25) is 4.68 Å². The van der Waals surface area contributed by atoms with Crippen molar-refractivity contribution in [2.45, 2.75) is 32.1 Å². The van der Waals surface area contributed by atoms with Crippen molar-refractivity contribution in [1.29, 1.82) is 0 Å². The van der Waals surface area contributed by atoms with Gasteiger partial charge in [0.1, 0.15) is 35.6 Å². The van der Waals surface area contributed by atoms with E-state index in [1.807, 2.05) is 0 Å². The van der Waals surface area contributed by atoms with Crippen LogP contribution in [0.1, 0.15) is 45.0 Å². The number of benzene rings is 2. The van der Waals surface area contributed by atoms with E-state index in [9.17, 15) is 14.3 Å². The SMILES string of the molecule is Cn1cc(C#Cc2cc(F)c(COc3cccc(-c4cc(F)c(Cc5nc6ccc(C(=O)O)cc6n5CC5CCO5)cc4F)n3)cn2)cn1. The van der Waals surface area contributed by atoms with Crippen molar-refractivity contribution in [3.8, 4) is 29.0 Å². The highest BCUT2D eigenvalue weighted by Gasteiger charge is 2.24. The van der Waals surface area contributed by atoms with Crippen molar-refractivity contribution in [3.05, 3.63) is 124 Å². The highest BCUT2D eigenvalue weighted by atomic mass is 19.1. The summed E-state index contributed by atoms with van der Waals surface area (Å²) in [6.07, 6.45) is 5.33. The third-order valence-corrected chi connectivity index (χ3v) is 8.08. The fraction of sp³-hybridized carbons (Fsp3) is 0.194. The maximum Gasteiger partial charge on any atom is 0.335 e. The molecule has 0 saturated carbocycles. The zero-order chi connectivity index (χ0) is 34.1. The second kappa shape index (κ2) is 13.2. The maximum absolute atomic E-state index is 15.6. The van der Waals surface area contributed by atoms with Gasteiger partial charge >= 0.3 is 5.97 Å². The molecule has 1 aliphatic heterocycles. The van der Waals surface area contributed by atoms with Gasteiger partial charge in [0.05, 0.1) is 46.7 Å². The molecule has 0 bridgehead atoms. The van der Waals surface area contributed by atoms with Crippen LogP contribution < -0.4 is 4.74 Å². The van der Waals surface area contributed by atoms with Crippen molar-refractivity contribution in [3.63, 3.8) is 0 Å².